The van der Waals surface area contributed by atoms with Gasteiger partial charge < -0.3 is 25.4 Å². The van der Waals surface area contributed by atoms with Crippen LogP contribution in [0.5, 0.6) is 11.5 Å². The maximum atomic E-state index is 12.7. The van der Waals surface area contributed by atoms with E-state index in [2.05, 4.69) is 16.0 Å². The Hall–Kier alpha value is -3.75. The van der Waals surface area contributed by atoms with Crippen molar-refractivity contribution in [3.05, 3.63) is 48.0 Å². The van der Waals surface area contributed by atoms with Gasteiger partial charge in [-0.05, 0) is 55.3 Å². The average Bonchev–Trinajstić information content (AvgIpc) is 2.73. The predicted octanol–water partition coefficient (Wildman–Crippen LogP) is 4.58. The number of carboxylic acid groups (broad SMARTS) is 1. The van der Waals surface area contributed by atoms with Crippen LogP contribution in [0.1, 0.15) is 37.0 Å². The van der Waals surface area contributed by atoms with Gasteiger partial charge in [-0.1, -0.05) is 13.8 Å². The molecular formula is C22H28N4O5. The van der Waals surface area contributed by atoms with Crippen LogP contribution in [0, 0.1) is 0 Å². The second-order valence-corrected chi connectivity index (χ2v) is 7.08. The lowest BCUT2D eigenvalue weighted by Crippen LogP contribution is -2.37. The summed E-state index contributed by atoms with van der Waals surface area (Å²) in [6, 6.07) is 10.8. The number of urea groups is 1. The summed E-state index contributed by atoms with van der Waals surface area (Å²) in [5, 5.41) is 16.6. The number of hydrogen-bond acceptors (Lipinski definition) is 4. The molecule has 0 spiro atoms. The second-order valence-electron chi connectivity index (χ2n) is 7.08. The summed E-state index contributed by atoms with van der Waals surface area (Å²) in [5.74, 6) is 0.447. The molecule has 31 heavy (non-hydrogen) atoms. The molecule has 166 valence electrons. The summed E-state index contributed by atoms with van der Waals surface area (Å²) in [6.07, 6.45) is 0.479. The Morgan fingerprint density at radius 2 is 1.58 bits per heavy atom. The van der Waals surface area contributed by atoms with E-state index in [1.54, 1.807) is 56.6 Å². The van der Waals surface area contributed by atoms with E-state index in [9.17, 15) is 14.4 Å². The zero-order valence-corrected chi connectivity index (χ0v) is 18.1. The van der Waals surface area contributed by atoms with Crippen molar-refractivity contribution in [1.82, 2.24) is 10.2 Å². The normalized spacial score (nSPS) is 10.4. The van der Waals surface area contributed by atoms with E-state index < -0.39 is 6.09 Å². The van der Waals surface area contributed by atoms with Gasteiger partial charge >= 0.3 is 12.1 Å². The Kier molecular flexibility index (Phi) is 8.25. The zero-order chi connectivity index (χ0) is 23.0. The van der Waals surface area contributed by atoms with Crippen molar-refractivity contribution in [2.45, 2.75) is 32.7 Å². The summed E-state index contributed by atoms with van der Waals surface area (Å²) >= 11 is 0. The van der Waals surface area contributed by atoms with E-state index in [-0.39, 0.29) is 23.5 Å². The minimum absolute atomic E-state index is 0.0732. The summed E-state index contributed by atoms with van der Waals surface area (Å²) in [5.41, 5.74) is 1.13. The van der Waals surface area contributed by atoms with Crippen LogP contribution in [0.3, 0.4) is 0 Å². The lowest BCUT2D eigenvalue weighted by molar-refractivity contribution is 0.0825. The molecule has 9 heteroatoms. The van der Waals surface area contributed by atoms with Crippen LogP contribution in [0.2, 0.25) is 0 Å². The summed E-state index contributed by atoms with van der Waals surface area (Å²) in [4.78, 5) is 37.0. The predicted molar refractivity (Wildman–Crippen MR) is 119 cm³/mol. The van der Waals surface area contributed by atoms with E-state index in [4.69, 9.17) is 9.84 Å². The molecule has 0 saturated heterocycles. The minimum atomic E-state index is -1.16. The molecule has 0 aliphatic rings. The van der Waals surface area contributed by atoms with Crippen molar-refractivity contribution in [3.8, 4) is 11.5 Å². The van der Waals surface area contributed by atoms with Gasteiger partial charge in [0, 0.05) is 31.5 Å². The number of anilines is 2. The van der Waals surface area contributed by atoms with E-state index in [1.807, 2.05) is 13.8 Å². The van der Waals surface area contributed by atoms with E-state index >= 15 is 0 Å². The molecule has 0 aliphatic carbocycles. The van der Waals surface area contributed by atoms with Gasteiger partial charge in [0.05, 0.1) is 5.56 Å². The second kappa shape index (κ2) is 10.9. The SMILES string of the molecule is CCC(CC)NC(=O)Nc1ccc(Oc2ccc(NC(=O)O)cc2)c(C(=O)N(C)C)c1. The quantitative estimate of drug-likeness (QED) is 0.490. The standard InChI is InChI=1S/C22H28N4O5/c1-5-14(6-2)23-21(28)24-16-9-12-19(18(13-16)20(27)26(3)4)31-17-10-7-15(8-11-17)25-22(29)30/h7-14,25H,5-6H2,1-4H3,(H,29,30)(H2,23,24,28). The molecule has 2 aromatic rings. The smallest absolute Gasteiger partial charge is 0.409 e. The molecule has 4 amide bonds. The highest BCUT2D eigenvalue weighted by molar-refractivity contribution is 5.99. The number of rotatable bonds is 8. The Balaban J connectivity index is 2.23. The lowest BCUT2D eigenvalue weighted by Gasteiger charge is -2.18. The number of benzene rings is 2. The molecule has 0 aromatic heterocycles. The third-order valence-corrected chi connectivity index (χ3v) is 4.53. The molecule has 0 heterocycles. The van der Waals surface area contributed by atoms with E-state index in [0.717, 1.165) is 12.8 Å². The number of carbonyl (C=O) groups is 3. The summed E-state index contributed by atoms with van der Waals surface area (Å²) < 4.78 is 5.85. The number of carbonyl (C=O) groups excluding carboxylic acids is 2. The van der Waals surface area contributed by atoms with Crippen molar-refractivity contribution < 1.29 is 24.2 Å². The zero-order valence-electron chi connectivity index (χ0n) is 18.1. The highest BCUT2D eigenvalue weighted by Crippen LogP contribution is 2.29. The molecule has 2 aromatic carbocycles. The van der Waals surface area contributed by atoms with Crippen molar-refractivity contribution in [1.29, 1.82) is 0 Å². The first-order valence-corrected chi connectivity index (χ1v) is 9.94. The third-order valence-electron chi connectivity index (χ3n) is 4.53. The number of amides is 4. The first-order chi connectivity index (χ1) is 14.7. The molecule has 0 unspecified atom stereocenters. The highest BCUT2D eigenvalue weighted by Gasteiger charge is 2.17. The molecule has 0 fully saturated rings. The molecule has 0 saturated carbocycles. The lowest BCUT2D eigenvalue weighted by atomic mass is 10.1. The van der Waals surface area contributed by atoms with Gasteiger partial charge in [0.2, 0.25) is 0 Å². The Labute approximate surface area is 181 Å². The van der Waals surface area contributed by atoms with Crippen molar-refractivity contribution in [2.24, 2.45) is 0 Å². The van der Waals surface area contributed by atoms with Gasteiger partial charge in [0.1, 0.15) is 11.5 Å². The van der Waals surface area contributed by atoms with Crippen molar-refractivity contribution in [3.63, 3.8) is 0 Å². The van der Waals surface area contributed by atoms with Crippen LogP contribution in [-0.2, 0) is 0 Å². The van der Waals surface area contributed by atoms with Crippen LogP contribution in [0.4, 0.5) is 21.0 Å². The highest BCUT2D eigenvalue weighted by atomic mass is 16.5. The van der Waals surface area contributed by atoms with Gasteiger partial charge in [0.15, 0.2) is 0 Å². The largest absolute Gasteiger partial charge is 0.465 e. The Morgan fingerprint density at radius 1 is 0.968 bits per heavy atom. The fourth-order valence-corrected chi connectivity index (χ4v) is 2.81. The molecule has 0 atom stereocenters. The monoisotopic (exact) mass is 428 g/mol. The van der Waals surface area contributed by atoms with Gasteiger partial charge in [-0.25, -0.2) is 9.59 Å². The molecule has 0 aliphatic heterocycles. The Morgan fingerprint density at radius 3 is 2.13 bits per heavy atom. The number of nitrogens with zero attached hydrogens (tertiary/aromatic N) is 1. The van der Waals surface area contributed by atoms with Crippen LogP contribution in [-0.4, -0.2) is 48.2 Å². The maximum Gasteiger partial charge on any atom is 0.409 e. The summed E-state index contributed by atoms with van der Waals surface area (Å²) in [7, 11) is 3.25. The fraction of sp³-hybridized carbons (Fsp3) is 0.318. The first kappa shape index (κ1) is 23.5. The first-order valence-electron chi connectivity index (χ1n) is 9.94. The van der Waals surface area contributed by atoms with Gasteiger partial charge in [-0.15, -0.1) is 0 Å². The molecular weight excluding hydrogens is 400 g/mol. The fourth-order valence-electron chi connectivity index (χ4n) is 2.81. The van der Waals surface area contributed by atoms with E-state index in [1.165, 1.54) is 4.90 Å². The van der Waals surface area contributed by atoms with Gasteiger partial charge in [-0.2, -0.15) is 0 Å². The van der Waals surface area contributed by atoms with Crippen LogP contribution < -0.4 is 20.7 Å². The molecule has 4 N–H and O–H groups in total. The van der Waals surface area contributed by atoms with Gasteiger partial charge in [-0.3, -0.25) is 10.1 Å². The third kappa shape index (κ3) is 6.91. The van der Waals surface area contributed by atoms with Crippen LogP contribution in [0.15, 0.2) is 42.5 Å². The number of ether oxygens (including phenoxy) is 1. The van der Waals surface area contributed by atoms with E-state index in [0.29, 0.717) is 22.9 Å². The molecule has 0 radical (unpaired) electrons. The summed E-state index contributed by atoms with van der Waals surface area (Å²) in [6.45, 7) is 4.00. The van der Waals surface area contributed by atoms with Gasteiger partial charge in [0.25, 0.3) is 5.91 Å². The van der Waals surface area contributed by atoms with Crippen molar-refractivity contribution >= 4 is 29.4 Å². The topological polar surface area (TPSA) is 120 Å². The Bertz CT molecular complexity index is 924. The maximum absolute atomic E-state index is 12.7. The molecule has 0 bridgehead atoms. The number of nitrogens with one attached hydrogen (secondary N) is 3. The average molecular weight is 428 g/mol. The van der Waals surface area contributed by atoms with Crippen LogP contribution >= 0.6 is 0 Å². The molecule has 2 rings (SSSR count). The minimum Gasteiger partial charge on any atom is -0.465 e. The van der Waals surface area contributed by atoms with Crippen LogP contribution in [0.25, 0.3) is 0 Å². The van der Waals surface area contributed by atoms with Crippen molar-refractivity contribution in [2.75, 3.05) is 24.7 Å². The number of hydrogen-bond donors (Lipinski definition) is 4. The molecule has 9 nitrogen and oxygen atoms in total.